The van der Waals surface area contributed by atoms with Crippen LogP contribution in [0.25, 0.3) is 0 Å². The van der Waals surface area contributed by atoms with Gasteiger partial charge in [0.2, 0.25) is 0 Å². The second-order valence-electron chi connectivity index (χ2n) is 7.14. The van der Waals surface area contributed by atoms with Gasteiger partial charge in [0, 0.05) is 6.54 Å². The Hall–Kier alpha value is -1.26. The van der Waals surface area contributed by atoms with Crippen molar-refractivity contribution in [3.63, 3.8) is 0 Å². The van der Waals surface area contributed by atoms with E-state index in [1.165, 1.54) is 0 Å². The fraction of sp³-hybridized carbons (Fsp3) is 0.875. The number of carbonyl (C=O) groups excluding carboxylic acids is 2. The molecule has 1 heterocycles. The fourth-order valence-electron chi connectivity index (χ4n) is 3.03. The molecule has 1 atom stereocenters. The van der Waals surface area contributed by atoms with E-state index in [9.17, 15) is 9.59 Å². The lowest BCUT2D eigenvalue weighted by Crippen LogP contribution is -2.55. The zero-order valence-electron chi connectivity index (χ0n) is 13.6. The van der Waals surface area contributed by atoms with Crippen LogP contribution in [0, 0.1) is 5.92 Å². The third-order valence-corrected chi connectivity index (χ3v) is 4.08. The highest BCUT2D eigenvalue weighted by molar-refractivity contribution is 5.86. The summed E-state index contributed by atoms with van der Waals surface area (Å²) in [5, 5.41) is 0. The van der Waals surface area contributed by atoms with E-state index in [1.807, 2.05) is 20.8 Å². The Morgan fingerprint density at radius 2 is 1.95 bits per heavy atom. The van der Waals surface area contributed by atoms with Crippen LogP contribution in [0.4, 0.5) is 4.79 Å². The zero-order chi connectivity index (χ0) is 15.7. The van der Waals surface area contributed by atoms with Gasteiger partial charge in [0.1, 0.15) is 11.1 Å². The van der Waals surface area contributed by atoms with Gasteiger partial charge in [-0.2, -0.15) is 0 Å². The second kappa shape index (κ2) is 5.85. The third kappa shape index (κ3) is 3.69. The normalized spacial score (nSPS) is 25.8. The summed E-state index contributed by atoms with van der Waals surface area (Å²) in [6, 6.07) is 0. The smallest absolute Gasteiger partial charge is 0.411 e. The molecule has 120 valence electrons. The van der Waals surface area contributed by atoms with Crippen LogP contribution in [0.15, 0.2) is 0 Å². The molecular formula is C16H27NO4. The molecular weight excluding hydrogens is 270 g/mol. The Morgan fingerprint density at radius 3 is 2.48 bits per heavy atom. The van der Waals surface area contributed by atoms with Crippen LogP contribution in [0.3, 0.4) is 0 Å². The maximum absolute atomic E-state index is 12.5. The van der Waals surface area contributed by atoms with Crippen molar-refractivity contribution < 1.29 is 19.1 Å². The predicted octanol–water partition coefficient (Wildman–Crippen LogP) is 3.12. The number of hydrogen-bond donors (Lipinski definition) is 0. The summed E-state index contributed by atoms with van der Waals surface area (Å²) in [5.41, 5.74) is -1.36. The molecule has 2 aliphatic rings. The number of amides is 1. The molecule has 1 saturated heterocycles. The van der Waals surface area contributed by atoms with Gasteiger partial charge in [0.05, 0.1) is 6.61 Å². The first-order chi connectivity index (χ1) is 9.78. The zero-order valence-corrected chi connectivity index (χ0v) is 13.6. The van der Waals surface area contributed by atoms with Gasteiger partial charge in [-0.15, -0.1) is 0 Å². The standard InChI is InChI=1S/C16H27NO4/c1-5-20-13(18)16(11-12-7-8-12)9-6-10-17(16)14(19)21-15(2,3)4/h12H,5-11H2,1-4H3. The highest BCUT2D eigenvalue weighted by Crippen LogP contribution is 2.44. The van der Waals surface area contributed by atoms with Crippen LogP contribution >= 0.6 is 0 Å². The number of carbonyl (C=O) groups is 2. The van der Waals surface area contributed by atoms with E-state index in [4.69, 9.17) is 9.47 Å². The van der Waals surface area contributed by atoms with Gasteiger partial charge in [-0.05, 0) is 52.9 Å². The Kier molecular flexibility index (Phi) is 4.49. The maximum Gasteiger partial charge on any atom is 0.411 e. The van der Waals surface area contributed by atoms with Crippen molar-refractivity contribution in [2.24, 2.45) is 5.92 Å². The summed E-state index contributed by atoms with van der Waals surface area (Å²) >= 11 is 0. The molecule has 1 aliphatic heterocycles. The van der Waals surface area contributed by atoms with Crippen molar-refractivity contribution in [2.45, 2.75) is 70.9 Å². The van der Waals surface area contributed by atoms with E-state index in [-0.39, 0.29) is 5.97 Å². The monoisotopic (exact) mass is 297 g/mol. The van der Waals surface area contributed by atoms with Crippen LogP contribution in [-0.4, -0.2) is 41.3 Å². The molecule has 2 rings (SSSR count). The van der Waals surface area contributed by atoms with Crippen LogP contribution in [0.5, 0.6) is 0 Å². The highest BCUT2D eigenvalue weighted by Gasteiger charge is 2.54. The number of hydrogen-bond acceptors (Lipinski definition) is 4. The molecule has 0 radical (unpaired) electrons. The first-order valence-electron chi connectivity index (χ1n) is 7.96. The Morgan fingerprint density at radius 1 is 1.29 bits per heavy atom. The Labute approximate surface area is 127 Å². The molecule has 0 aromatic carbocycles. The van der Waals surface area contributed by atoms with Crippen molar-refractivity contribution in [3.05, 3.63) is 0 Å². The van der Waals surface area contributed by atoms with Crippen molar-refractivity contribution in [2.75, 3.05) is 13.2 Å². The van der Waals surface area contributed by atoms with Gasteiger partial charge in [-0.1, -0.05) is 12.8 Å². The summed E-state index contributed by atoms with van der Waals surface area (Å²) in [7, 11) is 0. The lowest BCUT2D eigenvalue weighted by molar-refractivity contribution is -0.156. The molecule has 1 amide bonds. The first-order valence-corrected chi connectivity index (χ1v) is 7.96. The average molecular weight is 297 g/mol. The lowest BCUT2D eigenvalue weighted by Gasteiger charge is -2.37. The number of nitrogens with zero attached hydrogens (tertiary/aromatic N) is 1. The minimum absolute atomic E-state index is 0.264. The predicted molar refractivity (Wildman–Crippen MR) is 78.9 cm³/mol. The average Bonchev–Trinajstić information content (AvgIpc) is 3.04. The summed E-state index contributed by atoms with van der Waals surface area (Å²) in [4.78, 5) is 26.6. The lowest BCUT2D eigenvalue weighted by atomic mass is 9.89. The minimum atomic E-state index is -0.806. The van der Waals surface area contributed by atoms with Crippen molar-refractivity contribution in [1.29, 1.82) is 0 Å². The summed E-state index contributed by atoms with van der Waals surface area (Å²) in [6.45, 7) is 8.24. The molecule has 0 spiro atoms. The van der Waals surface area contributed by atoms with Crippen LogP contribution in [-0.2, 0) is 14.3 Å². The molecule has 1 aliphatic carbocycles. The maximum atomic E-state index is 12.5. The number of likely N-dealkylation sites (tertiary alicyclic amines) is 1. The molecule has 1 unspecified atom stereocenters. The van der Waals surface area contributed by atoms with Crippen LogP contribution in [0.2, 0.25) is 0 Å². The van der Waals surface area contributed by atoms with Gasteiger partial charge in [-0.25, -0.2) is 9.59 Å². The Balaban J connectivity index is 2.19. The SMILES string of the molecule is CCOC(=O)C1(CC2CC2)CCCN1C(=O)OC(C)(C)C. The van der Waals surface area contributed by atoms with Gasteiger partial charge in [0.15, 0.2) is 0 Å². The largest absolute Gasteiger partial charge is 0.464 e. The number of ether oxygens (including phenoxy) is 2. The molecule has 2 fully saturated rings. The van der Waals surface area contributed by atoms with Crippen LogP contribution < -0.4 is 0 Å². The van der Waals surface area contributed by atoms with E-state index in [2.05, 4.69) is 0 Å². The van der Waals surface area contributed by atoms with E-state index >= 15 is 0 Å². The van der Waals surface area contributed by atoms with Gasteiger partial charge < -0.3 is 9.47 Å². The van der Waals surface area contributed by atoms with E-state index in [1.54, 1.807) is 11.8 Å². The third-order valence-electron chi connectivity index (χ3n) is 4.08. The minimum Gasteiger partial charge on any atom is -0.464 e. The molecule has 5 heteroatoms. The number of esters is 1. The quantitative estimate of drug-likeness (QED) is 0.748. The summed E-state index contributed by atoms with van der Waals surface area (Å²) in [5.74, 6) is 0.276. The summed E-state index contributed by atoms with van der Waals surface area (Å²) < 4.78 is 10.8. The van der Waals surface area contributed by atoms with Crippen molar-refractivity contribution >= 4 is 12.1 Å². The Bertz CT molecular complexity index is 411. The van der Waals surface area contributed by atoms with Gasteiger partial charge in [0.25, 0.3) is 0 Å². The van der Waals surface area contributed by atoms with E-state index < -0.39 is 17.2 Å². The van der Waals surface area contributed by atoms with Crippen LogP contribution in [0.1, 0.15) is 59.8 Å². The van der Waals surface area contributed by atoms with Gasteiger partial charge >= 0.3 is 12.1 Å². The molecule has 1 saturated carbocycles. The van der Waals surface area contributed by atoms with Gasteiger partial charge in [-0.3, -0.25) is 4.90 Å². The van der Waals surface area contributed by atoms with E-state index in [0.717, 1.165) is 19.3 Å². The topological polar surface area (TPSA) is 55.8 Å². The highest BCUT2D eigenvalue weighted by atomic mass is 16.6. The molecule has 5 nitrogen and oxygen atoms in total. The fourth-order valence-corrected chi connectivity index (χ4v) is 3.03. The molecule has 0 aromatic heterocycles. The van der Waals surface area contributed by atoms with E-state index in [0.29, 0.717) is 31.9 Å². The molecule has 0 N–H and O–H groups in total. The van der Waals surface area contributed by atoms with Crippen molar-refractivity contribution in [1.82, 2.24) is 4.90 Å². The number of rotatable bonds is 4. The second-order valence-corrected chi connectivity index (χ2v) is 7.14. The van der Waals surface area contributed by atoms with Crippen molar-refractivity contribution in [3.8, 4) is 0 Å². The molecule has 21 heavy (non-hydrogen) atoms. The summed E-state index contributed by atoms with van der Waals surface area (Å²) in [6.07, 6.45) is 4.11. The first kappa shape index (κ1) is 16.1. The molecule has 0 bridgehead atoms. The molecule has 0 aromatic rings.